The van der Waals surface area contributed by atoms with Crippen LogP contribution in [-0.4, -0.2) is 86.3 Å². The molecule has 4 rings (SSSR count). The Morgan fingerprint density at radius 1 is 1.06 bits per heavy atom. The molecule has 4 atom stereocenters. The number of rotatable bonds is 13. The van der Waals surface area contributed by atoms with E-state index in [1.165, 1.54) is 11.1 Å². The first kappa shape index (κ1) is 34.1. The number of allylic oxidation sites excluding steroid dienone is 1. The number of hydrazine groups is 1. The van der Waals surface area contributed by atoms with E-state index in [2.05, 4.69) is 27.3 Å². The number of nitrogens with zero attached hydrogens (tertiary/aromatic N) is 4. The third-order valence-corrected chi connectivity index (χ3v) is 7.73. The molecule has 2 aromatic carbocycles. The van der Waals surface area contributed by atoms with Crippen LogP contribution < -0.4 is 20.7 Å². The van der Waals surface area contributed by atoms with Crippen LogP contribution in [0.5, 0.6) is 11.5 Å². The van der Waals surface area contributed by atoms with E-state index in [9.17, 15) is 33.9 Å². The lowest BCUT2D eigenvalue weighted by Crippen LogP contribution is -2.64. The summed E-state index contributed by atoms with van der Waals surface area (Å²) in [6.45, 7) is 3.68. The summed E-state index contributed by atoms with van der Waals surface area (Å²) < 4.78 is 5.75. The number of ketones is 1. The maximum atomic E-state index is 13.8. The number of carbonyl (C=O) groups is 6. The number of amides is 5. The Hall–Kier alpha value is -5.82. The molecule has 246 valence electrons. The molecule has 0 radical (unpaired) electrons. The van der Waals surface area contributed by atoms with Gasteiger partial charge in [0, 0.05) is 18.7 Å². The Labute approximate surface area is 270 Å². The topological polar surface area (TPSA) is 211 Å². The monoisotopic (exact) mass is 645 g/mol. The van der Waals surface area contributed by atoms with Gasteiger partial charge in [-0.25, -0.2) is 9.80 Å². The highest BCUT2D eigenvalue weighted by Gasteiger charge is 2.45. The van der Waals surface area contributed by atoms with Gasteiger partial charge in [0.2, 0.25) is 11.8 Å². The van der Waals surface area contributed by atoms with Crippen molar-refractivity contribution in [3.8, 4) is 11.5 Å². The van der Waals surface area contributed by atoms with Crippen LogP contribution in [0.15, 0.2) is 67.3 Å². The van der Waals surface area contributed by atoms with Crippen molar-refractivity contribution in [2.45, 2.75) is 56.7 Å². The molecule has 2 heterocycles. The lowest BCUT2D eigenvalue weighted by atomic mass is 9.94. The van der Waals surface area contributed by atoms with Crippen molar-refractivity contribution in [2.75, 3.05) is 11.9 Å². The molecule has 0 saturated carbocycles. The van der Waals surface area contributed by atoms with Crippen LogP contribution in [0, 0.1) is 5.92 Å². The molecule has 15 heteroatoms. The minimum Gasteiger partial charge on any atom is -0.481 e. The minimum absolute atomic E-state index is 0.00257. The summed E-state index contributed by atoms with van der Waals surface area (Å²) in [6.07, 6.45) is 1.96. The number of Topliss-reactive ketones (excluding diaryl/α,β-unsaturated/α-hetero) is 1. The molecular weight excluding hydrogens is 610 g/mol. The van der Waals surface area contributed by atoms with Crippen LogP contribution in [0.2, 0.25) is 0 Å². The number of aliphatic carboxylic acids is 1. The number of nitrogens with one attached hydrogen (secondary N) is 3. The van der Waals surface area contributed by atoms with Gasteiger partial charge in [0.25, 0.3) is 11.7 Å². The van der Waals surface area contributed by atoms with Crippen LogP contribution in [0.3, 0.4) is 0 Å². The number of benzene rings is 2. The molecule has 2 aromatic rings. The predicted molar refractivity (Wildman–Crippen MR) is 167 cm³/mol. The number of ether oxygens (including phenoxy) is 1. The van der Waals surface area contributed by atoms with Gasteiger partial charge in [-0.2, -0.15) is 4.79 Å². The summed E-state index contributed by atoms with van der Waals surface area (Å²) in [5, 5.41) is 19.5. The Kier molecular flexibility index (Phi) is 11.6. The number of fused-ring (bicyclic) bond motifs is 1. The van der Waals surface area contributed by atoms with Crippen LogP contribution in [0.25, 0.3) is 5.53 Å². The summed E-state index contributed by atoms with van der Waals surface area (Å²) in [5.41, 5.74) is 9.30. The molecular formula is C32H35N7O8. The van der Waals surface area contributed by atoms with Crippen LogP contribution in [0.4, 0.5) is 10.5 Å². The summed E-state index contributed by atoms with van der Waals surface area (Å²) in [5.74, 6) is -3.93. The largest absolute Gasteiger partial charge is 0.481 e. The zero-order chi connectivity index (χ0) is 33.9. The number of carboxylic acid groups (broad SMARTS) is 1. The van der Waals surface area contributed by atoms with E-state index < -0.39 is 59.5 Å². The molecule has 0 aromatic heterocycles. The highest BCUT2D eigenvalue weighted by Crippen LogP contribution is 2.26. The van der Waals surface area contributed by atoms with E-state index in [-0.39, 0.29) is 38.6 Å². The first-order valence-corrected chi connectivity index (χ1v) is 15.0. The van der Waals surface area contributed by atoms with E-state index in [0.717, 1.165) is 5.01 Å². The average Bonchev–Trinajstić information content (AvgIpc) is 3.17. The number of carboxylic acids is 1. The van der Waals surface area contributed by atoms with Gasteiger partial charge in [-0.1, -0.05) is 24.3 Å². The van der Waals surface area contributed by atoms with Gasteiger partial charge in [0.15, 0.2) is 0 Å². The van der Waals surface area contributed by atoms with Crippen LogP contribution in [-0.2, 0) is 24.0 Å². The molecule has 5 amide bonds. The van der Waals surface area contributed by atoms with E-state index in [0.29, 0.717) is 29.8 Å². The lowest BCUT2D eigenvalue weighted by molar-refractivity contribution is -0.176. The number of hydrogen-bond donors (Lipinski definition) is 4. The molecule has 15 nitrogen and oxygen atoms in total. The lowest BCUT2D eigenvalue weighted by Gasteiger charge is -2.43. The molecule has 0 aliphatic carbocycles. The normalized spacial score (nSPS) is 18.7. The number of para-hydroxylation sites is 1. The van der Waals surface area contributed by atoms with Gasteiger partial charge in [-0.15, -0.1) is 6.58 Å². The highest BCUT2D eigenvalue weighted by molar-refractivity contribution is 6.28. The zero-order valence-corrected chi connectivity index (χ0v) is 25.4. The van der Waals surface area contributed by atoms with Crippen LogP contribution >= 0.6 is 0 Å². The first-order chi connectivity index (χ1) is 22.6. The number of carbonyl (C=O) groups excluding carboxylic acids is 5. The standard InChI is InChI=1S/C32H35N7O8/c1-2-7-20(31(44)45)18-25(27(40)19-34-33)36-29(42)26-10-6-17-38-28(41)16-15-24(30(43)39(26)38)37-32(46)35-21-11-13-23(14-12-21)47-22-8-4-3-5-9-22/h2-5,8-9,11-14,19-20,24-26H,1,6-7,10,15-18H2,(H,36,42)(H,44,45)(H2,35,37,46)/t20?,24-,25-,26-/m0/s1. The SMILES string of the molecule is C=CCC(C[C@H](NC(=O)[C@@H]1CCCN2C(=O)CC[C@H](NC(=O)Nc3ccc(Oc4ccccc4)cc3)C(=O)N12)C(=O)C=[N+]=[N-])C(=O)O. The second kappa shape index (κ2) is 16.0. The number of anilines is 1. The van der Waals surface area contributed by atoms with Crippen molar-refractivity contribution >= 4 is 47.4 Å². The summed E-state index contributed by atoms with van der Waals surface area (Å²) in [7, 11) is 0. The van der Waals surface area contributed by atoms with E-state index in [1.54, 1.807) is 36.4 Å². The van der Waals surface area contributed by atoms with Crippen molar-refractivity contribution in [3.05, 3.63) is 72.8 Å². The van der Waals surface area contributed by atoms with E-state index in [4.69, 9.17) is 10.3 Å². The summed E-state index contributed by atoms with van der Waals surface area (Å²) in [6, 6.07) is 11.2. The third-order valence-electron chi connectivity index (χ3n) is 7.73. The highest BCUT2D eigenvalue weighted by atomic mass is 16.5. The second-order valence-electron chi connectivity index (χ2n) is 11.0. The van der Waals surface area contributed by atoms with Crippen molar-refractivity contribution in [1.82, 2.24) is 20.7 Å². The Bertz CT molecular complexity index is 1560. The van der Waals surface area contributed by atoms with Gasteiger partial charge < -0.3 is 31.3 Å². The first-order valence-electron chi connectivity index (χ1n) is 15.0. The third kappa shape index (κ3) is 8.89. The fraction of sp³-hybridized carbons (Fsp3) is 0.344. The van der Waals surface area contributed by atoms with Crippen molar-refractivity contribution in [1.29, 1.82) is 0 Å². The average molecular weight is 646 g/mol. The van der Waals surface area contributed by atoms with Gasteiger partial charge in [0.1, 0.15) is 23.6 Å². The fourth-order valence-electron chi connectivity index (χ4n) is 5.41. The predicted octanol–water partition coefficient (Wildman–Crippen LogP) is 2.52. The molecule has 1 unspecified atom stereocenters. The maximum absolute atomic E-state index is 13.8. The molecule has 4 N–H and O–H groups in total. The summed E-state index contributed by atoms with van der Waals surface area (Å²) >= 11 is 0. The van der Waals surface area contributed by atoms with Gasteiger partial charge in [-0.05, 0) is 68.5 Å². The molecule has 0 bridgehead atoms. The second-order valence-corrected chi connectivity index (χ2v) is 11.0. The maximum Gasteiger partial charge on any atom is 0.325 e. The Morgan fingerprint density at radius 2 is 1.77 bits per heavy atom. The molecule has 47 heavy (non-hydrogen) atoms. The molecule has 0 spiro atoms. The Morgan fingerprint density at radius 3 is 2.43 bits per heavy atom. The smallest absolute Gasteiger partial charge is 0.325 e. The Balaban J connectivity index is 1.46. The number of urea groups is 1. The molecule has 2 aliphatic rings. The van der Waals surface area contributed by atoms with Crippen molar-refractivity contribution in [3.63, 3.8) is 0 Å². The molecule has 2 aliphatic heterocycles. The quantitative estimate of drug-likeness (QED) is 0.110. The fourth-order valence-corrected chi connectivity index (χ4v) is 5.41. The van der Waals surface area contributed by atoms with E-state index >= 15 is 0 Å². The molecule has 2 fully saturated rings. The summed E-state index contributed by atoms with van der Waals surface area (Å²) in [4.78, 5) is 80.4. The van der Waals surface area contributed by atoms with Gasteiger partial charge in [0.05, 0.1) is 12.0 Å². The zero-order valence-electron chi connectivity index (χ0n) is 25.4. The van der Waals surface area contributed by atoms with E-state index in [1.807, 2.05) is 18.2 Å². The van der Waals surface area contributed by atoms with Gasteiger partial charge >= 0.3 is 18.2 Å². The molecule has 2 saturated heterocycles. The number of hydrogen-bond acceptors (Lipinski definition) is 7. The van der Waals surface area contributed by atoms with Crippen molar-refractivity contribution < 1.29 is 43.4 Å². The minimum atomic E-state index is -1.41. The van der Waals surface area contributed by atoms with Gasteiger partial charge in [-0.3, -0.25) is 29.0 Å². The van der Waals surface area contributed by atoms with Crippen LogP contribution in [0.1, 0.15) is 38.5 Å². The van der Waals surface area contributed by atoms with Crippen molar-refractivity contribution in [2.24, 2.45) is 5.92 Å².